The summed E-state index contributed by atoms with van der Waals surface area (Å²) < 4.78 is 76.3. The number of carbonyl (C=O) groups is 1. The molecule has 0 bridgehead atoms. The lowest BCUT2D eigenvalue weighted by atomic mass is 9.84. The smallest absolute Gasteiger partial charge is 0.382 e. The molecule has 0 unspecified atom stereocenters. The molecule has 45 heavy (non-hydrogen) atoms. The van der Waals surface area contributed by atoms with Crippen molar-refractivity contribution in [3.63, 3.8) is 0 Å². The average molecular weight is 642 g/mol. The highest BCUT2D eigenvalue weighted by Crippen LogP contribution is 2.35. The normalized spacial score (nSPS) is 18.8. The first-order chi connectivity index (χ1) is 21.3. The number of rotatable bonds is 5. The molecule has 6 nitrogen and oxygen atoms in total. The Kier molecular flexibility index (Phi) is 15.0. The van der Waals surface area contributed by atoms with Crippen LogP contribution in [-0.4, -0.2) is 48.0 Å². The molecule has 250 valence electrons. The van der Waals surface area contributed by atoms with Crippen molar-refractivity contribution in [3.8, 4) is 6.07 Å². The van der Waals surface area contributed by atoms with E-state index in [1.807, 2.05) is 11.8 Å². The lowest BCUT2D eigenvalue weighted by Crippen LogP contribution is -2.34. The van der Waals surface area contributed by atoms with Crippen molar-refractivity contribution < 1.29 is 31.1 Å². The number of amides is 1. The van der Waals surface area contributed by atoms with Gasteiger partial charge in [0.05, 0.1) is 22.8 Å². The van der Waals surface area contributed by atoms with Gasteiger partial charge in [0.25, 0.3) is 0 Å². The highest BCUT2D eigenvalue weighted by Gasteiger charge is 2.34. The molecule has 2 heterocycles. The van der Waals surface area contributed by atoms with Crippen LogP contribution < -0.4 is 10.2 Å². The van der Waals surface area contributed by atoms with Crippen LogP contribution in [-0.2, 0) is 17.1 Å². The minimum atomic E-state index is -4.50. The fraction of sp³-hybridized carbons (Fsp3) is 0.606. The van der Waals surface area contributed by atoms with Gasteiger partial charge in [-0.1, -0.05) is 40.5 Å². The minimum absolute atomic E-state index is 0.109. The molecule has 1 saturated heterocycles. The Morgan fingerprint density at radius 2 is 1.60 bits per heavy atom. The number of carbonyl (C=O) groups excluding carboxylic acids is 1. The molecule has 0 radical (unpaired) electrons. The predicted molar refractivity (Wildman–Crippen MR) is 165 cm³/mol. The molecule has 4 rings (SSSR count). The molecule has 12 heteroatoms. The van der Waals surface area contributed by atoms with Crippen molar-refractivity contribution >= 4 is 17.4 Å². The summed E-state index contributed by atoms with van der Waals surface area (Å²) >= 11 is 0. The number of anilines is 2. The average Bonchev–Trinajstić information content (AvgIpc) is 3.28. The molecule has 1 aliphatic carbocycles. The van der Waals surface area contributed by atoms with Gasteiger partial charge in [-0.25, -0.2) is 4.98 Å². The fourth-order valence-electron chi connectivity index (χ4n) is 5.28. The van der Waals surface area contributed by atoms with E-state index in [2.05, 4.69) is 31.1 Å². The quantitative estimate of drug-likeness (QED) is 0.330. The molecule has 0 atom stereocenters. The van der Waals surface area contributed by atoms with Crippen LogP contribution in [0.15, 0.2) is 36.5 Å². The van der Waals surface area contributed by atoms with E-state index in [4.69, 9.17) is 5.26 Å². The zero-order valence-electron chi connectivity index (χ0n) is 26.6. The van der Waals surface area contributed by atoms with Gasteiger partial charge in [0.1, 0.15) is 5.82 Å². The summed E-state index contributed by atoms with van der Waals surface area (Å²) in [5.41, 5.74) is -1.50. The van der Waals surface area contributed by atoms with Gasteiger partial charge in [0, 0.05) is 50.5 Å². The zero-order valence-corrected chi connectivity index (χ0v) is 26.6. The molecule has 1 aromatic carbocycles. The Labute approximate surface area is 262 Å². The van der Waals surface area contributed by atoms with Crippen molar-refractivity contribution in [1.29, 1.82) is 5.26 Å². The lowest BCUT2D eigenvalue weighted by Gasteiger charge is -2.29. The summed E-state index contributed by atoms with van der Waals surface area (Å²) in [7, 11) is 0. The Bertz CT molecular complexity index is 1220. The molecule has 1 saturated carbocycles. The maximum atomic E-state index is 12.9. The van der Waals surface area contributed by atoms with Gasteiger partial charge in [0.15, 0.2) is 0 Å². The Hall–Kier alpha value is -3.49. The SMILES string of the molecule is CCC.CCC(=O)N1CCCN(c2ccc(C(F)(F)F)cn2)CC1.CCC1CCC(Nc2ccc(C#N)c(C(F)(F)F)c2)CC1. The summed E-state index contributed by atoms with van der Waals surface area (Å²) in [6.07, 6.45) is -0.117. The van der Waals surface area contributed by atoms with E-state index < -0.39 is 23.5 Å². The van der Waals surface area contributed by atoms with Crippen LogP contribution in [0.5, 0.6) is 0 Å². The lowest BCUT2D eigenvalue weighted by molar-refractivity contribution is -0.138. The molecule has 1 N–H and O–H groups in total. The summed E-state index contributed by atoms with van der Waals surface area (Å²) in [5, 5.41) is 12.0. The van der Waals surface area contributed by atoms with Crippen LogP contribution in [0, 0.1) is 17.2 Å². The zero-order chi connectivity index (χ0) is 33.6. The molecule has 1 aromatic heterocycles. The van der Waals surface area contributed by atoms with E-state index in [9.17, 15) is 31.1 Å². The Balaban J connectivity index is 0.000000288. The number of benzene rings is 1. The second-order valence-electron chi connectivity index (χ2n) is 11.3. The van der Waals surface area contributed by atoms with Crippen LogP contribution in [0.4, 0.5) is 37.8 Å². The molecular formula is C33H45F6N5O. The van der Waals surface area contributed by atoms with Crippen LogP contribution in [0.25, 0.3) is 0 Å². The second-order valence-corrected chi connectivity index (χ2v) is 11.3. The van der Waals surface area contributed by atoms with Gasteiger partial charge in [-0.05, 0) is 68.4 Å². The van der Waals surface area contributed by atoms with Crippen LogP contribution in [0.3, 0.4) is 0 Å². The minimum Gasteiger partial charge on any atom is -0.382 e. The van der Waals surface area contributed by atoms with E-state index in [0.29, 0.717) is 44.1 Å². The Morgan fingerprint density at radius 3 is 2.11 bits per heavy atom. The van der Waals surface area contributed by atoms with E-state index in [1.165, 1.54) is 25.0 Å². The van der Waals surface area contributed by atoms with Crippen LogP contribution in [0.2, 0.25) is 0 Å². The molecule has 1 aliphatic heterocycles. The van der Waals surface area contributed by atoms with Crippen molar-refractivity contribution in [2.24, 2.45) is 5.92 Å². The second kappa shape index (κ2) is 17.9. The third-order valence-corrected chi connectivity index (χ3v) is 7.79. The molecule has 0 spiro atoms. The number of nitriles is 1. The summed E-state index contributed by atoms with van der Waals surface area (Å²) in [4.78, 5) is 19.3. The Morgan fingerprint density at radius 1 is 0.933 bits per heavy atom. The van der Waals surface area contributed by atoms with E-state index in [1.54, 1.807) is 17.0 Å². The van der Waals surface area contributed by atoms with Gasteiger partial charge in [-0.15, -0.1) is 0 Å². The van der Waals surface area contributed by atoms with Gasteiger partial charge in [0.2, 0.25) is 5.91 Å². The maximum absolute atomic E-state index is 12.9. The van der Waals surface area contributed by atoms with Gasteiger partial charge < -0.3 is 15.1 Å². The van der Waals surface area contributed by atoms with Gasteiger partial charge in [-0.3, -0.25) is 4.79 Å². The molecule has 2 aromatic rings. The first-order valence-corrected chi connectivity index (χ1v) is 15.7. The third kappa shape index (κ3) is 12.1. The fourth-order valence-corrected chi connectivity index (χ4v) is 5.28. The number of alkyl halides is 6. The van der Waals surface area contributed by atoms with Crippen molar-refractivity contribution in [2.75, 3.05) is 36.4 Å². The van der Waals surface area contributed by atoms with E-state index in [-0.39, 0.29) is 17.5 Å². The number of pyridine rings is 1. The number of nitrogens with zero attached hydrogens (tertiary/aromatic N) is 4. The number of hydrogen-bond acceptors (Lipinski definition) is 5. The summed E-state index contributed by atoms with van der Waals surface area (Å²) in [6.45, 7) is 10.8. The molecule has 2 fully saturated rings. The predicted octanol–water partition coefficient (Wildman–Crippen LogP) is 8.92. The van der Waals surface area contributed by atoms with Crippen LogP contribution >= 0.6 is 0 Å². The summed E-state index contributed by atoms with van der Waals surface area (Å²) in [5.74, 6) is 1.38. The highest BCUT2D eigenvalue weighted by atomic mass is 19.4. The number of nitrogens with one attached hydrogen (secondary N) is 1. The summed E-state index contributed by atoms with van der Waals surface area (Å²) in [6, 6.07) is 8.10. The monoisotopic (exact) mass is 641 g/mol. The topological polar surface area (TPSA) is 72.3 Å². The van der Waals surface area contributed by atoms with Gasteiger partial charge >= 0.3 is 12.4 Å². The molecule has 2 aliphatic rings. The largest absolute Gasteiger partial charge is 0.417 e. The number of halogens is 6. The van der Waals surface area contributed by atoms with Crippen molar-refractivity contribution in [2.45, 2.75) is 97.5 Å². The number of hydrogen-bond donors (Lipinski definition) is 1. The first kappa shape index (κ1) is 37.7. The van der Waals surface area contributed by atoms with Gasteiger partial charge in [-0.2, -0.15) is 31.6 Å². The number of aromatic nitrogens is 1. The van der Waals surface area contributed by atoms with Crippen molar-refractivity contribution in [1.82, 2.24) is 9.88 Å². The van der Waals surface area contributed by atoms with E-state index in [0.717, 1.165) is 56.4 Å². The standard InChI is InChI=1S/C16H19F3N2.C14H18F3N3O.C3H8/c1-2-11-3-6-13(7-4-11)21-14-8-5-12(10-20)15(9-14)16(17,18)19;1-2-13(21)20-7-3-6-19(8-9-20)12-5-4-11(10-18-12)14(15,16)17;1-3-2/h5,8-9,11,13,21H,2-4,6-7H2,1H3;4-5,10H,2-3,6-9H2,1H3;3H2,1-2H3. The third-order valence-electron chi connectivity index (χ3n) is 7.79. The maximum Gasteiger partial charge on any atom is 0.417 e. The molecule has 1 amide bonds. The van der Waals surface area contributed by atoms with E-state index >= 15 is 0 Å². The molecular weight excluding hydrogens is 596 g/mol. The first-order valence-electron chi connectivity index (χ1n) is 15.7. The highest BCUT2D eigenvalue weighted by molar-refractivity contribution is 5.75. The van der Waals surface area contributed by atoms with Crippen LogP contribution in [0.1, 0.15) is 95.8 Å². The van der Waals surface area contributed by atoms with Crippen molar-refractivity contribution in [3.05, 3.63) is 53.2 Å².